The number of anilines is 1. The summed E-state index contributed by atoms with van der Waals surface area (Å²) in [7, 11) is -3.78. The molecule has 0 aliphatic rings. The van der Waals surface area contributed by atoms with Gasteiger partial charge in [0.1, 0.15) is 0 Å². The number of benzene rings is 4. The summed E-state index contributed by atoms with van der Waals surface area (Å²) < 4.78 is 28.0. The van der Waals surface area contributed by atoms with Gasteiger partial charge in [-0.3, -0.25) is 9.52 Å². The normalized spacial score (nSPS) is 11.1. The van der Waals surface area contributed by atoms with Crippen molar-refractivity contribution in [3.63, 3.8) is 0 Å². The summed E-state index contributed by atoms with van der Waals surface area (Å²) >= 11 is 6.49. The Balaban J connectivity index is 1.58. The fourth-order valence-electron chi connectivity index (χ4n) is 3.66. The number of hydrogen-bond acceptors (Lipinski definition) is 3. The van der Waals surface area contributed by atoms with Crippen LogP contribution in [-0.4, -0.2) is 19.2 Å². The molecule has 0 aromatic heterocycles. The Morgan fingerprint density at radius 3 is 1.86 bits per heavy atom. The Morgan fingerprint density at radius 2 is 1.34 bits per heavy atom. The zero-order valence-corrected chi connectivity index (χ0v) is 20.8. The van der Waals surface area contributed by atoms with E-state index in [1.807, 2.05) is 67.6 Å². The monoisotopic (exact) mass is 504 g/mol. The summed E-state index contributed by atoms with van der Waals surface area (Å²) in [5, 5.41) is 0.172. The first kappa shape index (κ1) is 24.5. The lowest BCUT2D eigenvalue weighted by Crippen LogP contribution is -2.30. The molecule has 0 radical (unpaired) electrons. The van der Waals surface area contributed by atoms with E-state index < -0.39 is 10.0 Å². The van der Waals surface area contributed by atoms with Crippen LogP contribution in [0.2, 0.25) is 5.02 Å². The molecule has 0 saturated carbocycles. The van der Waals surface area contributed by atoms with Gasteiger partial charge in [0.2, 0.25) is 0 Å². The van der Waals surface area contributed by atoms with Gasteiger partial charge in [-0.05, 0) is 48.4 Å². The predicted octanol–water partition coefficient (Wildman–Crippen LogP) is 6.29. The van der Waals surface area contributed by atoms with Crippen molar-refractivity contribution in [1.29, 1.82) is 0 Å². The number of halogens is 1. The van der Waals surface area contributed by atoms with Crippen LogP contribution in [0.1, 0.15) is 27.0 Å². The Labute approximate surface area is 211 Å². The largest absolute Gasteiger partial charge is 0.330 e. The average molecular weight is 505 g/mol. The maximum Gasteiger partial charge on any atom is 0.261 e. The highest BCUT2D eigenvalue weighted by Crippen LogP contribution is 2.26. The maximum atomic E-state index is 13.5. The SMILES string of the molecule is Cc1ccc(S(=O)(=O)Nc2ccc(C(=O)N(Cc3ccccc3)Cc3ccccc3)c(Cl)c2)cc1. The van der Waals surface area contributed by atoms with Gasteiger partial charge < -0.3 is 4.90 Å². The molecule has 5 nitrogen and oxygen atoms in total. The molecule has 0 spiro atoms. The van der Waals surface area contributed by atoms with Crippen molar-refractivity contribution in [1.82, 2.24) is 4.90 Å². The lowest BCUT2D eigenvalue weighted by atomic mass is 10.1. The van der Waals surface area contributed by atoms with Gasteiger partial charge in [0.15, 0.2) is 0 Å². The van der Waals surface area contributed by atoms with E-state index in [-0.39, 0.29) is 21.5 Å². The summed E-state index contributed by atoms with van der Waals surface area (Å²) in [6, 6.07) is 30.6. The maximum absolute atomic E-state index is 13.5. The van der Waals surface area contributed by atoms with Crippen molar-refractivity contribution in [3.8, 4) is 0 Å². The second kappa shape index (κ2) is 10.8. The summed E-state index contributed by atoms with van der Waals surface area (Å²) in [5.74, 6) is -0.240. The van der Waals surface area contributed by atoms with E-state index in [0.29, 0.717) is 18.7 Å². The summed E-state index contributed by atoms with van der Waals surface area (Å²) in [5.41, 5.74) is 3.54. The smallest absolute Gasteiger partial charge is 0.261 e. The number of nitrogens with zero attached hydrogens (tertiary/aromatic N) is 1. The van der Waals surface area contributed by atoms with E-state index in [1.54, 1.807) is 41.3 Å². The van der Waals surface area contributed by atoms with Gasteiger partial charge in [-0.2, -0.15) is 0 Å². The van der Waals surface area contributed by atoms with Crippen molar-refractivity contribution in [2.45, 2.75) is 24.9 Å². The van der Waals surface area contributed by atoms with Crippen LogP contribution in [0.3, 0.4) is 0 Å². The number of sulfonamides is 1. The fraction of sp³-hybridized carbons (Fsp3) is 0.107. The third-order valence-corrected chi connectivity index (χ3v) is 7.21. The van der Waals surface area contributed by atoms with Crippen molar-refractivity contribution in [2.75, 3.05) is 4.72 Å². The second-order valence-corrected chi connectivity index (χ2v) is 10.3. The third kappa shape index (κ3) is 6.29. The molecule has 0 aliphatic carbocycles. The minimum Gasteiger partial charge on any atom is -0.330 e. The molecule has 35 heavy (non-hydrogen) atoms. The molecule has 0 bridgehead atoms. The number of amides is 1. The number of rotatable bonds is 8. The molecule has 0 unspecified atom stereocenters. The topological polar surface area (TPSA) is 66.5 Å². The first-order chi connectivity index (χ1) is 16.8. The van der Waals surface area contributed by atoms with Gasteiger partial charge in [-0.1, -0.05) is 90.0 Å². The molecular weight excluding hydrogens is 480 g/mol. The van der Waals surface area contributed by atoms with E-state index >= 15 is 0 Å². The van der Waals surface area contributed by atoms with E-state index in [1.165, 1.54) is 6.07 Å². The first-order valence-electron chi connectivity index (χ1n) is 11.1. The molecule has 0 fully saturated rings. The summed E-state index contributed by atoms with van der Waals surface area (Å²) in [4.78, 5) is 15.4. The third-order valence-electron chi connectivity index (χ3n) is 5.50. The molecule has 4 aromatic carbocycles. The quantitative estimate of drug-likeness (QED) is 0.306. The van der Waals surface area contributed by atoms with Gasteiger partial charge in [0.25, 0.3) is 15.9 Å². The van der Waals surface area contributed by atoms with E-state index in [0.717, 1.165) is 16.7 Å². The zero-order chi connectivity index (χ0) is 24.8. The van der Waals surface area contributed by atoms with Crippen LogP contribution in [0.15, 0.2) is 108 Å². The van der Waals surface area contributed by atoms with E-state index in [2.05, 4.69) is 4.72 Å². The van der Waals surface area contributed by atoms with Crippen LogP contribution in [0.25, 0.3) is 0 Å². The highest BCUT2D eigenvalue weighted by Gasteiger charge is 2.21. The minimum absolute atomic E-state index is 0.149. The molecule has 0 atom stereocenters. The van der Waals surface area contributed by atoms with Crippen molar-refractivity contribution in [2.24, 2.45) is 0 Å². The van der Waals surface area contributed by atoms with Crippen LogP contribution >= 0.6 is 11.6 Å². The fourth-order valence-corrected chi connectivity index (χ4v) is 4.97. The number of carbonyl (C=O) groups excluding carboxylic acids is 1. The molecule has 4 aromatic rings. The van der Waals surface area contributed by atoms with Gasteiger partial charge >= 0.3 is 0 Å². The number of hydrogen-bond donors (Lipinski definition) is 1. The average Bonchev–Trinajstić information content (AvgIpc) is 2.85. The van der Waals surface area contributed by atoms with Crippen LogP contribution in [-0.2, 0) is 23.1 Å². The summed E-state index contributed by atoms with van der Waals surface area (Å²) in [6.07, 6.45) is 0. The van der Waals surface area contributed by atoms with Crippen molar-refractivity contribution in [3.05, 3.63) is 130 Å². The highest BCUT2D eigenvalue weighted by molar-refractivity contribution is 7.92. The van der Waals surface area contributed by atoms with Gasteiger partial charge in [-0.25, -0.2) is 8.42 Å². The zero-order valence-electron chi connectivity index (χ0n) is 19.2. The Hall–Kier alpha value is -3.61. The minimum atomic E-state index is -3.78. The Morgan fingerprint density at radius 1 is 0.800 bits per heavy atom. The molecule has 1 amide bonds. The molecule has 1 N–H and O–H groups in total. The lowest BCUT2D eigenvalue weighted by molar-refractivity contribution is 0.0730. The van der Waals surface area contributed by atoms with Crippen molar-refractivity contribution >= 4 is 33.2 Å². The lowest BCUT2D eigenvalue weighted by Gasteiger charge is -2.24. The number of carbonyl (C=O) groups is 1. The van der Waals surface area contributed by atoms with E-state index in [9.17, 15) is 13.2 Å². The molecular formula is C28H25ClN2O3S. The molecule has 7 heteroatoms. The first-order valence-corrected chi connectivity index (χ1v) is 12.9. The number of nitrogens with one attached hydrogen (secondary N) is 1. The van der Waals surface area contributed by atoms with Crippen LogP contribution in [0.4, 0.5) is 5.69 Å². The molecule has 0 aliphatic heterocycles. The van der Waals surface area contributed by atoms with Gasteiger partial charge in [0.05, 0.1) is 21.2 Å². The summed E-state index contributed by atoms with van der Waals surface area (Å²) in [6.45, 7) is 2.71. The molecule has 0 heterocycles. The van der Waals surface area contributed by atoms with Crippen molar-refractivity contribution < 1.29 is 13.2 Å². The molecule has 4 rings (SSSR count). The van der Waals surface area contributed by atoms with Gasteiger partial charge in [-0.15, -0.1) is 0 Å². The molecule has 0 saturated heterocycles. The van der Waals surface area contributed by atoms with Crippen LogP contribution in [0.5, 0.6) is 0 Å². The standard InChI is InChI=1S/C28H25ClN2O3S/c1-21-12-15-25(16-13-21)35(33,34)30-24-14-17-26(27(29)18-24)28(32)31(19-22-8-4-2-5-9-22)20-23-10-6-3-7-11-23/h2-18,30H,19-20H2,1H3. The second-order valence-electron chi connectivity index (χ2n) is 8.25. The predicted molar refractivity (Wildman–Crippen MR) is 140 cm³/mol. The van der Waals surface area contributed by atoms with Crippen LogP contribution in [0, 0.1) is 6.92 Å². The highest BCUT2D eigenvalue weighted by atomic mass is 35.5. The van der Waals surface area contributed by atoms with E-state index in [4.69, 9.17) is 11.6 Å². The van der Waals surface area contributed by atoms with Gasteiger partial charge in [0, 0.05) is 13.1 Å². The Bertz CT molecular complexity index is 1370. The Kier molecular flexibility index (Phi) is 7.54. The van der Waals surface area contributed by atoms with Crippen LogP contribution < -0.4 is 4.72 Å². The molecule has 178 valence electrons. The number of aryl methyl sites for hydroxylation is 1.